The average molecular weight is 358 g/mol. The predicted molar refractivity (Wildman–Crippen MR) is 85.0 cm³/mol. The van der Waals surface area contributed by atoms with Crippen LogP contribution in [-0.2, 0) is 9.53 Å². The Hall–Kier alpha value is -2.25. The quantitative estimate of drug-likeness (QED) is 0.884. The van der Waals surface area contributed by atoms with Gasteiger partial charge in [0.15, 0.2) is 0 Å². The molecule has 0 saturated carbocycles. The minimum absolute atomic E-state index is 0.0453. The second-order valence-electron chi connectivity index (χ2n) is 6.98. The van der Waals surface area contributed by atoms with E-state index >= 15 is 0 Å². The second kappa shape index (κ2) is 6.93. The largest absolute Gasteiger partial charge is 0.471 e. The molecule has 2 atom stereocenters. The Morgan fingerprint density at radius 2 is 1.72 bits per heavy atom. The molecule has 1 aromatic carbocycles. The minimum Gasteiger partial charge on any atom is -0.444 e. The summed E-state index contributed by atoms with van der Waals surface area (Å²) in [7, 11) is 0. The first-order valence-electron chi connectivity index (χ1n) is 7.88. The Labute approximate surface area is 144 Å². The van der Waals surface area contributed by atoms with E-state index in [-0.39, 0.29) is 13.1 Å². The third kappa shape index (κ3) is 5.11. The Morgan fingerprint density at radius 3 is 2.24 bits per heavy atom. The van der Waals surface area contributed by atoms with Crippen molar-refractivity contribution in [3.8, 4) is 0 Å². The van der Waals surface area contributed by atoms with E-state index in [1.165, 1.54) is 4.90 Å². The van der Waals surface area contributed by atoms with Gasteiger partial charge in [0.2, 0.25) is 0 Å². The number of benzene rings is 1. The van der Waals surface area contributed by atoms with Crippen LogP contribution in [-0.4, -0.2) is 47.8 Å². The van der Waals surface area contributed by atoms with Crippen molar-refractivity contribution in [3.05, 3.63) is 35.9 Å². The number of ether oxygens (including phenoxy) is 1. The third-order valence-electron chi connectivity index (χ3n) is 3.77. The molecule has 0 spiro atoms. The van der Waals surface area contributed by atoms with Crippen molar-refractivity contribution in [1.82, 2.24) is 10.2 Å². The summed E-state index contributed by atoms with van der Waals surface area (Å²) in [5.74, 6) is -2.45. The van der Waals surface area contributed by atoms with Crippen LogP contribution in [0, 0.1) is 0 Å². The van der Waals surface area contributed by atoms with Crippen LogP contribution in [0.5, 0.6) is 0 Å². The van der Waals surface area contributed by atoms with Crippen LogP contribution in [0.3, 0.4) is 0 Å². The smallest absolute Gasteiger partial charge is 0.444 e. The van der Waals surface area contributed by atoms with Crippen LogP contribution in [0.25, 0.3) is 0 Å². The summed E-state index contributed by atoms with van der Waals surface area (Å²) in [4.78, 5) is 24.9. The van der Waals surface area contributed by atoms with E-state index in [2.05, 4.69) is 0 Å². The first-order valence-corrected chi connectivity index (χ1v) is 7.88. The number of likely N-dealkylation sites (tertiary alicyclic amines) is 1. The lowest BCUT2D eigenvalue weighted by Crippen LogP contribution is -2.46. The van der Waals surface area contributed by atoms with E-state index in [4.69, 9.17) is 4.74 Å². The van der Waals surface area contributed by atoms with Crippen LogP contribution in [0.4, 0.5) is 18.0 Å². The highest BCUT2D eigenvalue weighted by Gasteiger charge is 2.44. The summed E-state index contributed by atoms with van der Waals surface area (Å²) < 4.78 is 43.1. The van der Waals surface area contributed by atoms with Crippen LogP contribution >= 0.6 is 0 Å². The lowest BCUT2D eigenvalue weighted by atomic mass is 9.94. The number of nitrogens with one attached hydrogen (secondary N) is 1. The number of rotatable bonds is 2. The number of hydrogen-bond acceptors (Lipinski definition) is 3. The summed E-state index contributed by atoms with van der Waals surface area (Å²) in [5.41, 5.74) is 0.0353. The van der Waals surface area contributed by atoms with Gasteiger partial charge in [0, 0.05) is 19.0 Å². The maximum atomic E-state index is 12.6. The number of nitrogens with zero attached hydrogens (tertiary/aromatic N) is 1. The van der Waals surface area contributed by atoms with E-state index < -0.39 is 35.7 Å². The molecule has 0 aliphatic carbocycles. The zero-order chi connectivity index (χ0) is 18.8. The molecule has 8 heteroatoms. The Bertz CT molecular complexity index is 626. The first-order chi connectivity index (χ1) is 11.5. The highest BCUT2D eigenvalue weighted by atomic mass is 19.4. The van der Waals surface area contributed by atoms with E-state index in [1.807, 2.05) is 5.32 Å². The SMILES string of the molecule is CC(C)(C)OC(=O)N1C[C@H](NC(=O)C(F)(F)F)[C@@H](c2ccccc2)C1. The van der Waals surface area contributed by atoms with Gasteiger partial charge < -0.3 is 15.0 Å². The summed E-state index contributed by atoms with van der Waals surface area (Å²) in [5, 5.41) is 2.00. The molecule has 0 aromatic heterocycles. The Balaban J connectivity index is 2.19. The molecule has 1 heterocycles. The highest BCUT2D eigenvalue weighted by molar-refractivity contribution is 5.82. The van der Waals surface area contributed by atoms with Gasteiger partial charge in [0.25, 0.3) is 0 Å². The van der Waals surface area contributed by atoms with Gasteiger partial charge in [-0.05, 0) is 26.3 Å². The highest BCUT2D eigenvalue weighted by Crippen LogP contribution is 2.29. The van der Waals surface area contributed by atoms with Crippen molar-refractivity contribution in [2.75, 3.05) is 13.1 Å². The van der Waals surface area contributed by atoms with Crippen LogP contribution in [0.2, 0.25) is 0 Å². The predicted octanol–water partition coefficient (Wildman–Crippen LogP) is 3.07. The number of amides is 2. The molecule has 25 heavy (non-hydrogen) atoms. The molecule has 1 aromatic rings. The van der Waals surface area contributed by atoms with Gasteiger partial charge in [0.05, 0.1) is 6.04 Å². The van der Waals surface area contributed by atoms with E-state index in [1.54, 1.807) is 51.1 Å². The molecule has 1 fully saturated rings. The molecule has 138 valence electrons. The standard InChI is InChI=1S/C17H21F3N2O3/c1-16(2,3)25-15(24)22-9-12(11-7-5-4-6-8-11)13(10-22)21-14(23)17(18,19)20/h4-8,12-13H,9-10H2,1-3H3,(H,21,23)/t12-,13+/m1/s1. The molecule has 1 N–H and O–H groups in total. The molecule has 0 bridgehead atoms. The fraction of sp³-hybridized carbons (Fsp3) is 0.529. The van der Waals surface area contributed by atoms with Gasteiger partial charge in [-0.25, -0.2) is 4.79 Å². The van der Waals surface area contributed by atoms with E-state index in [0.29, 0.717) is 0 Å². The van der Waals surface area contributed by atoms with Crippen molar-refractivity contribution in [3.63, 3.8) is 0 Å². The zero-order valence-electron chi connectivity index (χ0n) is 14.3. The van der Waals surface area contributed by atoms with E-state index in [0.717, 1.165) is 5.56 Å². The third-order valence-corrected chi connectivity index (χ3v) is 3.77. The number of alkyl halides is 3. The molecular weight excluding hydrogens is 337 g/mol. The van der Waals surface area contributed by atoms with Gasteiger partial charge >= 0.3 is 18.2 Å². The second-order valence-corrected chi connectivity index (χ2v) is 6.98. The monoisotopic (exact) mass is 358 g/mol. The van der Waals surface area contributed by atoms with Gasteiger partial charge in [-0.2, -0.15) is 13.2 Å². The van der Waals surface area contributed by atoms with Crippen molar-refractivity contribution in [1.29, 1.82) is 0 Å². The average Bonchev–Trinajstić information content (AvgIpc) is 2.89. The fourth-order valence-corrected chi connectivity index (χ4v) is 2.71. The summed E-state index contributed by atoms with van der Waals surface area (Å²) in [6, 6.07) is 7.98. The zero-order valence-corrected chi connectivity index (χ0v) is 14.3. The molecule has 2 amide bonds. The molecule has 5 nitrogen and oxygen atoms in total. The topological polar surface area (TPSA) is 58.6 Å². The lowest BCUT2D eigenvalue weighted by Gasteiger charge is -2.24. The van der Waals surface area contributed by atoms with Crippen molar-refractivity contribution >= 4 is 12.0 Å². The van der Waals surface area contributed by atoms with Gasteiger partial charge in [-0.3, -0.25) is 4.79 Å². The van der Waals surface area contributed by atoms with Crippen molar-refractivity contribution in [2.45, 2.75) is 44.5 Å². The molecule has 1 saturated heterocycles. The van der Waals surface area contributed by atoms with Gasteiger partial charge in [0.1, 0.15) is 5.60 Å². The molecular formula is C17H21F3N2O3. The maximum Gasteiger partial charge on any atom is 0.471 e. The number of carbonyl (C=O) groups excluding carboxylic acids is 2. The minimum atomic E-state index is -4.97. The fourth-order valence-electron chi connectivity index (χ4n) is 2.71. The molecule has 1 aliphatic rings. The van der Waals surface area contributed by atoms with Crippen LogP contribution in [0.1, 0.15) is 32.3 Å². The van der Waals surface area contributed by atoms with Crippen LogP contribution in [0.15, 0.2) is 30.3 Å². The Morgan fingerprint density at radius 1 is 1.12 bits per heavy atom. The number of halogens is 3. The Kier molecular flexibility index (Phi) is 5.29. The van der Waals surface area contributed by atoms with Crippen molar-refractivity contribution < 1.29 is 27.5 Å². The molecule has 2 rings (SSSR count). The lowest BCUT2D eigenvalue weighted by molar-refractivity contribution is -0.174. The van der Waals surface area contributed by atoms with Crippen molar-refractivity contribution in [2.24, 2.45) is 0 Å². The molecule has 1 aliphatic heterocycles. The molecule has 0 radical (unpaired) electrons. The van der Waals surface area contributed by atoms with Gasteiger partial charge in [-0.1, -0.05) is 30.3 Å². The normalized spacial score (nSPS) is 21.1. The number of carbonyl (C=O) groups is 2. The summed E-state index contributed by atoms with van der Waals surface area (Å²) >= 11 is 0. The number of hydrogen-bond donors (Lipinski definition) is 1. The summed E-state index contributed by atoms with van der Waals surface area (Å²) in [6.45, 7) is 5.24. The summed E-state index contributed by atoms with van der Waals surface area (Å²) in [6.07, 6.45) is -5.59. The maximum absolute atomic E-state index is 12.6. The van der Waals surface area contributed by atoms with Gasteiger partial charge in [-0.15, -0.1) is 0 Å². The molecule has 0 unspecified atom stereocenters. The first kappa shape index (κ1) is 19.1. The van der Waals surface area contributed by atoms with E-state index in [9.17, 15) is 22.8 Å². The van der Waals surface area contributed by atoms with Crippen LogP contribution < -0.4 is 5.32 Å².